The van der Waals surface area contributed by atoms with Crippen LogP contribution in [0.5, 0.6) is 11.5 Å². The van der Waals surface area contributed by atoms with Gasteiger partial charge in [-0.05, 0) is 67.6 Å². The van der Waals surface area contributed by atoms with Gasteiger partial charge in [-0.3, -0.25) is 9.78 Å². The van der Waals surface area contributed by atoms with Gasteiger partial charge in [-0.2, -0.15) is 4.98 Å². The highest BCUT2D eigenvalue weighted by molar-refractivity contribution is 9.10. The monoisotopic (exact) mass is 552 g/mol. The van der Waals surface area contributed by atoms with Crippen molar-refractivity contribution in [2.75, 3.05) is 19.0 Å². The Bertz CT molecular complexity index is 1330. The number of anilines is 2. The van der Waals surface area contributed by atoms with Crippen LogP contribution in [0.15, 0.2) is 69.7 Å². The van der Waals surface area contributed by atoms with E-state index in [1.807, 2.05) is 24.3 Å². The molecule has 1 aliphatic rings. The van der Waals surface area contributed by atoms with Crippen molar-refractivity contribution in [1.29, 1.82) is 0 Å². The first-order valence-electron chi connectivity index (χ1n) is 11.4. The average molecular weight is 553 g/mol. The number of carbonyl (C=O) groups is 1. The predicted molar refractivity (Wildman–Crippen MR) is 143 cm³/mol. The standard InChI is InChI=1S/C26H25BrN4O4.CH4/c1-33-15-16-2-5-19(12-16)29-25(32)23-14-21(10-11-28-23)34-20-8-9-24-22(13-20)31-26(35-24)30-18-6-3-17(27)4-7-18;/h3-4,6-11,13-14,16,19H,2,5,12,15H2,1H3,(H,29,32)(H,30,31);1H4/t16-,19+;/m1./s1. The highest BCUT2D eigenvalue weighted by Crippen LogP contribution is 2.29. The van der Waals surface area contributed by atoms with Crippen LogP contribution in [0.2, 0.25) is 0 Å². The molecule has 9 heteroatoms. The lowest BCUT2D eigenvalue weighted by atomic mass is 10.1. The van der Waals surface area contributed by atoms with Crippen LogP contribution < -0.4 is 15.4 Å². The summed E-state index contributed by atoms with van der Waals surface area (Å²) in [7, 11) is 1.71. The number of amides is 1. The molecule has 188 valence electrons. The number of oxazole rings is 1. The molecule has 0 radical (unpaired) electrons. The Morgan fingerprint density at radius 2 is 1.92 bits per heavy atom. The molecule has 0 spiro atoms. The number of nitrogens with zero attached hydrogens (tertiary/aromatic N) is 2. The number of carbonyl (C=O) groups excluding carboxylic acids is 1. The maximum atomic E-state index is 12.7. The molecular formula is C27H29BrN4O4. The fraction of sp³-hybridized carbons (Fsp3) is 0.296. The molecule has 36 heavy (non-hydrogen) atoms. The Morgan fingerprint density at radius 3 is 2.72 bits per heavy atom. The first kappa shape index (κ1) is 25.7. The van der Waals surface area contributed by atoms with Crippen molar-refractivity contribution in [2.24, 2.45) is 5.92 Å². The van der Waals surface area contributed by atoms with Crippen LogP contribution in [-0.2, 0) is 4.74 Å². The molecule has 2 aromatic heterocycles. The van der Waals surface area contributed by atoms with Crippen LogP contribution in [0.1, 0.15) is 37.2 Å². The van der Waals surface area contributed by atoms with Crippen LogP contribution in [0.4, 0.5) is 11.7 Å². The van der Waals surface area contributed by atoms with Crippen LogP contribution in [0.25, 0.3) is 11.1 Å². The van der Waals surface area contributed by atoms with Gasteiger partial charge in [-0.1, -0.05) is 23.4 Å². The predicted octanol–water partition coefficient (Wildman–Crippen LogP) is 6.70. The first-order valence-corrected chi connectivity index (χ1v) is 12.2. The summed E-state index contributed by atoms with van der Waals surface area (Å²) in [5.74, 6) is 1.39. The van der Waals surface area contributed by atoms with E-state index in [-0.39, 0.29) is 19.4 Å². The van der Waals surface area contributed by atoms with Gasteiger partial charge in [-0.15, -0.1) is 0 Å². The third-order valence-corrected chi connectivity index (χ3v) is 6.46. The van der Waals surface area contributed by atoms with Crippen molar-refractivity contribution >= 4 is 44.6 Å². The van der Waals surface area contributed by atoms with Crippen LogP contribution in [0.3, 0.4) is 0 Å². The van der Waals surface area contributed by atoms with Gasteiger partial charge in [0.25, 0.3) is 11.9 Å². The lowest BCUT2D eigenvalue weighted by Crippen LogP contribution is -2.33. The van der Waals surface area contributed by atoms with E-state index in [0.29, 0.717) is 40.2 Å². The summed E-state index contributed by atoms with van der Waals surface area (Å²) in [6.45, 7) is 0.728. The van der Waals surface area contributed by atoms with E-state index in [9.17, 15) is 4.79 Å². The Hall–Kier alpha value is -3.43. The largest absolute Gasteiger partial charge is 0.457 e. The van der Waals surface area contributed by atoms with E-state index in [1.165, 1.54) is 0 Å². The second-order valence-corrected chi connectivity index (χ2v) is 9.48. The zero-order valence-electron chi connectivity index (χ0n) is 19.2. The minimum atomic E-state index is -0.200. The fourth-order valence-corrected chi connectivity index (χ4v) is 4.53. The summed E-state index contributed by atoms with van der Waals surface area (Å²) < 4.78 is 18.0. The normalized spacial score (nSPS) is 16.9. The maximum Gasteiger partial charge on any atom is 0.300 e. The topological polar surface area (TPSA) is 98.5 Å². The maximum absolute atomic E-state index is 12.7. The Balaban J connectivity index is 0.00000304. The third-order valence-electron chi connectivity index (χ3n) is 5.93. The molecule has 5 rings (SSSR count). The number of benzene rings is 2. The molecule has 0 unspecified atom stereocenters. The molecular weight excluding hydrogens is 524 g/mol. The van der Waals surface area contributed by atoms with E-state index >= 15 is 0 Å². The number of methoxy groups -OCH3 is 1. The SMILES string of the molecule is C.COC[C@@H]1CC[C@H](NC(=O)c2cc(Oc3ccc4oc(Nc5ccc(Br)cc5)nc4c3)ccn2)C1. The summed E-state index contributed by atoms with van der Waals surface area (Å²) >= 11 is 3.42. The van der Waals surface area contributed by atoms with Gasteiger partial charge in [-0.25, -0.2) is 0 Å². The number of aromatic nitrogens is 2. The van der Waals surface area contributed by atoms with E-state index in [1.54, 1.807) is 43.6 Å². The number of nitrogens with one attached hydrogen (secondary N) is 2. The Kier molecular flexibility index (Phi) is 8.22. The number of hydrogen-bond acceptors (Lipinski definition) is 7. The number of pyridine rings is 1. The van der Waals surface area contributed by atoms with E-state index in [4.69, 9.17) is 13.9 Å². The second-order valence-electron chi connectivity index (χ2n) is 8.56. The molecule has 0 aliphatic heterocycles. The summed E-state index contributed by atoms with van der Waals surface area (Å²) in [5, 5.41) is 6.23. The molecule has 2 aromatic carbocycles. The van der Waals surface area contributed by atoms with Crippen molar-refractivity contribution in [3.63, 3.8) is 0 Å². The van der Waals surface area contributed by atoms with Gasteiger partial charge >= 0.3 is 0 Å². The minimum Gasteiger partial charge on any atom is -0.457 e. The lowest BCUT2D eigenvalue weighted by molar-refractivity contribution is 0.0929. The van der Waals surface area contributed by atoms with Gasteiger partial charge in [0.1, 0.15) is 22.7 Å². The summed E-state index contributed by atoms with van der Waals surface area (Å²) in [4.78, 5) is 21.4. The molecule has 1 fully saturated rings. The number of fused-ring (bicyclic) bond motifs is 1. The van der Waals surface area contributed by atoms with Crippen molar-refractivity contribution in [1.82, 2.24) is 15.3 Å². The average Bonchev–Trinajstić information content (AvgIpc) is 3.46. The van der Waals surface area contributed by atoms with Crippen molar-refractivity contribution in [2.45, 2.75) is 32.7 Å². The molecule has 0 saturated heterocycles. The summed E-state index contributed by atoms with van der Waals surface area (Å²) in [6, 6.07) is 17.0. The molecule has 1 aliphatic carbocycles. The zero-order valence-corrected chi connectivity index (χ0v) is 20.7. The Morgan fingerprint density at radius 1 is 1.11 bits per heavy atom. The number of halogens is 1. The fourth-order valence-electron chi connectivity index (χ4n) is 4.27. The molecule has 2 atom stereocenters. The lowest BCUT2D eigenvalue weighted by Gasteiger charge is -2.13. The molecule has 4 aromatic rings. The van der Waals surface area contributed by atoms with E-state index < -0.39 is 0 Å². The molecule has 8 nitrogen and oxygen atoms in total. The first-order chi connectivity index (χ1) is 17.1. The van der Waals surface area contributed by atoms with Gasteiger partial charge in [0, 0.05) is 48.2 Å². The van der Waals surface area contributed by atoms with E-state index in [2.05, 4.69) is 36.5 Å². The molecule has 0 bridgehead atoms. The number of ether oxygens (including phenoxy) is 2. The molecule has 1 saturated carbocycles. The van der Waals surface area contributed by atoms with Crippen molar-refractivity contribution in [3.05, 3.63) is 71.0 Å². The van der Waals surface area contributed by atoms with Crippen molar-refractivity contribution in [3.8, 4) is 11.5 Å². The number of hydrogen-bond donors (Lipinski definition) is 2. The molecule has 1 amide bonds. The van der Waals surface area contributed by atoms with Crippen LogP contribution in [0, 0.1) is 5.92 Å². The second kappa shape index (κ2) is 11.5. The highest BCUT2D eigenvalue weighted by Gasteiger charge is 2.26. The zero-order chi connectivity index (χ0) is 24.2. The minimum absolute atomic E-state index is 0. The Labute approximate surface area is 218 Å². The van der Waals surface area contributed by atoms with Gasteiger partial charge < -0.3 is 24.5 Å². The molecule has 2 N–H and O–H groups in total. The van der Waals surface area contributed by atoms with Crippen LogP contribution in [-0.4, -0.2) is 35.6 Å². The molecule has 2 heterocycles. The van der Waals surface area contributed by atoms with Gasteiger partial charge in [0.05, 0.1) is 0 Å². The summed E-state index contributed by atoms with van der Waals surface area (Å²) in [6.07, 6.45) is 4.50. The van der Waals surface area contributed by atoms with E-state index in [0.717, 1.165) is 36.0 Å². The number of rotatable bonds is 8. The smallest absolute Gasteiger partial charge is 0.300 e. The quantitative estimate of drug-likeness (QED) is 0.251. The highest BCUT2D eigenvalue weighted by atomic mass is 79.9. The van der Waals surface area contributed by atoms with Crippen LogP contribution >= 0.6 is 15.9 Å². The van der Waals surface area contributed by atoms with Gasteiger partial charge in [0.15, 0.2) is 5.58 Å². The van der Waals surface area contributed by atoms with Crippen molar-refractivity contribution < 1.29 is 18.7 Å². The summed E-state index contributed by atoms with van der Waals surface area (Å²) in [5.41, 5.74) is 2.47. The van der Waals surface area contributed by atoms with Gasteiger partial charge in [0.2, 0.25) is 0 Å². The third kappa shape index (κ3) is 6.22.